The summed E-state index contributed by atoms with van der Waals surface area (Å²) in [7, 11) is 5.16. The molecule has 2 N–H and O–H groups in total. The molecular formula is C23H32N6O3. The van der Waals surface area contributed by atoms with E-state index in [4.69, 9.17) is 14.8 Å². The number of rotatable bonds is 9. The van der Waals surface area contributed by atoms with Crippen molar-refractivity contribution in [2.45, 2.75) is 18.4 Å². The summed E-state index contributed by atoms with van der Waals surface area (Å²) in [6.45, 7) is 10.5. The van der Waals surface area contributed by atoms with Gasteiger partial charge < -0.3 is 25.0 Å². The quantitative estimate of drug-likeness (QED) is 0.582. The number of carbonyl (C=O) groups is 1. The SMILES string of the molecule is C=Nn1cc(-c2ccc([C@@]3(OC)CCCNC3)cn2)cc1C(=C)N(C)CCN(C)C(=O)O. The van der Waals surface area contributed by atoms with Crippen LogP contribution in [0.15, 0.2) is 42.3 Å². The summed E-state index contributed by atoms with van der Waals surface area (Å²) in [5.74, 6) is 0. The maximum absolute atomic E-state index is 11.0. The van der Waals surface area contributed by atoms with Gasteiger partial charge in [0, 0.05) is 71.1 Å². The second kappa shape index (κ2) is 9.97. The van der Waals surface area contributed by atoms with Crippen LogP contribution in [0.5, 0.6) is 0 Å². The number of ether oxygens (including phenoxy) is 1. The zero-order chi connectivity index (χ0) is 23.3. The number of nitrogens with zero attached hydrogens (tertiary/aromatic N) is 5. The molecule has 1 saturated heterocycles. The fourth-order valence-electron chi connectivity index (χ4n) is 3.90. The summed E-state index contributed by atoms with van der Waals surface area (Å²) >= 11 is 0. The summed E-state index contributed by atoms with van der Waals surface area (Å²) in [6.07, 6.45) is 4.80. The molecule has 3 heterocycles. The van der Waals surface area contributed by atoms with Crippen molar-refractivity contribution < 1.29 is 14.6 Å². The van der Waals surface area contributed by atoms with E-state index in [-0.39, 0.29) is 5.60 Å². The van der Waals surface area contributed by atoms with E-state index < -0.39 is 6.09 Å². The van der Waals surface area contributed by atoms with Crippen LogP contribution in [0.3, 0.4) is 0 Å². The molecule has 1 amide bonds. The number of carboxylic acid groups (broad SMARTS) is 1. The third-order valence-corrected chi connectivity index (χ3v) is 6.13. The van der Waals surface area contributed by atoms with Crippen LogP contribution in [-0.4, -0.2) is 84.8 Å². The molecule has 0 radical (unpaired) electrons. The van der Waals surface area contributed by atoms with Crippen molar-refractivity contribution in [2.24, 2.45) is 5.10 Å². The van der Waals surface area contributed by atoms with E-state index in [2.05, 4.69) is 29.8 Å². The van der Waals surface area contributed by atoms with Gasteiger partial charge in [0.25, 0.3) is 0 Å². The zero-order valence-corrected chi connectivity index (χ0v) is 19.0. The summed E-state index contributed by atoms with van der Waals surface area (Å²) in [6, 6.07) is 6.02. The second-order valence-corrected chi connectivity index (χ2v) is 8.08. The fourth-order valence-corrected chi connectivity index (χ4v) is 3.90. The lowest BCUT2D eigenvalue weighted by molar-refractivity contribution is -0.0335. The Morgan fingerprint density at radius 2 is 2.12 bits per heavy atom. The van der Waals surface area contributed by atoms with Gasteiger partial charge in [-0.2, -0.15) is 5.10 Å². The first-order chi connectivity index (χ1) is 15.3. The molecule has 0 bridgehead atoms. The highest BCUT2D eigenvalue weighted by Crippen LogP contribution is 2.33. The van der Waals surface area contributed by atoms with Crippen molar-refractivity contribution in [2.75, 3.05) is 47.4 Å². The molecule has 1 fully saturated rings. The van der Waals surface area contributed by atoms with Gasteiger partial charge in [-0.15, -0.1) is 0 Å². The molecule has 0 unspecified atom stereocenters. The molecular weight excluding hydrogens is 408 g/mol. The Hall–Kier alpha value is -3.17. The van der Waals surface area contributed by atoms with E-state index in [1.54, 1.807) is 11.8 Å². The van der Waals surface area contributed by atoms with Gasteiger partial charge in [-0.05, 0) is 31.5 Å². The molecule has 0 saturated carbocycles. The third kappa shape index (κ3) is 4.84. The van der Waals surface area contributed by atoms with Crippen LogP contribution in [0.2, 0.25) is 0 Å². The van der Waals surface area contributed by atoms with E-state index in [9.17, 15) is 4.79 Å². The highest BCUT2D eigenvalue weighted by Gasteiger charge is 2.34. The van der Waals surface area contributed by atoms with Crippen LogP contribution in [-0.2, 0) is 10.3 Å². The van der Waals surface area contributed by atoms with Gasteiger partial charge in [0.15, 0.2) is 0 Å². The van der Waals surface area contributed by atoms with E-state index in [1.165, 1.54) is 11.9 Å². The van der Waals surface area contributed by atoms with Crippen molar-refractivity contribution in [3.8, 4) is 11.3 Å². The lowest BCUT2D eigenvalue weighted by Crippen LogP contribution is -2.44. The van der Waals surface area contributed by atoms with Crippen molar-refractivity contribution in [1.29, 1.82) is 0 Å². The molecule has 1 aliphatic heterocycles. The van der Waals surface area contributed by atoms with Crippen LogP contribution in [0, 0.1) is 0 Å². The number of pyridine rings is 1. The van der Waals surface area contributed by atoms with Crippen molar-refractivity contribution >= 4 is 18.5 Å². The van der Waals surface area contributed by atoms with E-state index >= 15 is 0 Å². The molecule has 2 aromatic rings. The minimum absolute atomic E-state index is 0.344. The van der Waals surface area contributed by atoms with Gasteiger partial charge in [0.2, 0.25) is 0 Å². The maximum Gasteiger partial charge on any atom is 0.407 e. The summed E-state index contributed by atoms with van der Waals surface area (Å²) in [5, 5.41) is 16.5. The molecule has 3 rings (SSSR count). The Morgan fingerprint density at radius 3 is 2.69 bits per heavy atom. The zero-order valence-electron chi connectivity index (χ0n) is 19.0. The number of likely N-dealkylation sites (N-methyl/N-ethyl adjacent to an activating group) is 2. The van der Waals surface area contributed by atoms with Gasteiger partial charge in [0.1, 0.15) is 5.60 Å². The van der Waals surface area contributed by atoms with Crippen LogP contribution in [0.25, 0.3) is 17.0 Å². The minimum Gasteiger partial charge on any atom is -0.465 e. The van der Waals surface area contributed by atoms with E-state index in [0.29, 0.717) is 18.8 Å². The number of aromatic nitrogens is 2. The largest absolute Gasteiger partial charge is 0.465 e. The highest BCUT2D eigenvalue weighted by atomic mass is 16.5. The number of piperidine rings is 1. The second-order valence-electron chi connectivity index (χ2n) is 8.08. The average molecular weight is 441 g/mol. The van der Waals surface area contributed by atoms with Crippen molar-refractivity contribution in [3.05, 3.63) is 48.4 Å². The number of methoxy groups -OCH3 is 1. The molecule has 0 aliphatic carbocycles. The Kier molecular flexibility index (Phi) is 7.32. The Labute approximate surface area is 189 Å². The first kappa shape index (κ1) is 23.5. The number of nitrogens with one attached hydrogen (secondary N) is 1. The molecule has 0 aromatic carbocycles. The molecule has 1 aliphatic rings. The number of amides is 1. The predicted octanol–water partition coefficient (Wildman–Crippen LogP) is 2.75. The minimum atomic E-state index is -0.962. The van der Waals surface area contributed by atoms with Gasteiger partial charge in [-0.3, -0.25) is 4.98 Å². The Morgan fingerprint density at radius 1 is 1.38 bits per heavy atom. The normalized spacial score (nSPS) is 18.2. The van der Waals surface area contributed by atoms with Crippen LogP contribution < -0.4 is 5.32 Å². The topological polar surface area (TPSA) is 95.2 Å². The summed E-state index contributed by atoms with van der Waals surface area (Å²) in [4.78, 5) is 18.8. The Bertz CT molecular complexity index is 963. The molecule has 9 heteroatoms. The predicted molar refractivity (Wildman–Crippen MR) is 126 cm³/mol. The fraction of sp³-hybridized carbons (Fsp3) is 0.435. The number of hydrogen-bond acceptors (Lipinski definition) is 6. The lowest BCUT2D eigenvalue weighted by Gasteiger charge is -2.36. The van der Waals surface area contributed by atoms with Gasteiger partial charge in [-0.1, -0.05) is 12.6 Å². The molecule has 1 atom stereocenters. The third-order valence-electron chi connectivity index (χ3n) is 6.13. The molecule has 0 spiro atoms. The smallest absolute Gasteiger partial charge is 0.407 e. The standard InChI is InChI=1S/C23H32N6O3/c1-17(27(3)11-12-28(4)22(30)31)21-13-18(15-29(21)24-2)20-8-7-19(14-26-20)23(32-5)9-6-10-25-16-23/h7-8,13-15,25H,1-2,6,9-12,16H2,3-5H3,(H,30,31)/t23-/m1/s1. The van der Waals surface area contributed by atoms with Gasteiger partial charge in [0.05, 0.1) is 17.1 Å². The molecule has 2 aromatic heterocycles. The molecule has 32 heavy (non-hydrogen) atoms. The van der Waals surface area contributed by atoms with E-state index in [1.807, 2.05) is 36.5 Å². The monoisotopic (exact) mass is 440 g/mol. The highest BCUT2D eigenvalue weighted by molar-refractivity contribution is 5.69. The lowest BCUT2D eigenvalue weighted by atomic mass is 9.87. The van der Waals surface area contributed by atoms with Crippen molar-refractivity contribution in [3.63, 3.8) is 0 Å². The number of hydrogen-bond donors (Lipinski definition) is 2. The van der Waals surface area contributed by atoms with Crippen LogP contribution >= 0.6 is 0 Å². The first-order valence-electron chi connectivity index (χ1n) is 10.6. The first-order valence-corrected chi connectivity index (χ1v) is 10.6. The summed E-state index contributed by atoms with van der Waals surface area (Å²) < 4.78 is 7.54. The molecule has 9 nitrogen and oxygen atoms in total. The molecule has 172 valence electrons. The summed E-state index contributed by atoms with van der Waals surface area (Å²) in [5.41, 5.74) is 3.91. The van der Waals surface area contributed by atoms with Crippen LogP contribution in [0.1, 0.15) is 24.1 Å². The van der Waals surface area contributed by atoms with Gasteiger partial charge in [-0.25, -0.2) is 9.47 Å². The Balaban J connectivity index is 1.79. The van der Waals surface area contributed by atoms with Gasteiger partial charge >= 0.3 is 6.09 Å². The van der Waals surface area contributed by atoms with E-state index in [0.717, 1.165) is 48.4 Å². The maximum atomic E-state index is 11.0. The van der Waals surface area contributed by atoms with Crippen LogP contribution in [0.4, 0.5) is 4.79 Å². The van der Waals surface area contributed by atoms with Crippen molar-refractivity contribution in [1.82, 2.24) is 24.8 Å². The average Bonchev–Trinajstić information content (AvgIpc) is 3.26.